The largest absolute Gasteiger partial charge is 0.496 e. The SMILES string of the molecule is COc1ccccc1-c1ccn2ncc(CC#N)c2c1. The van der Waals surface area contributed by atoms with E-state index in [1.165, 1.54) is 0 Å². The molecule has 0 aliphatic heterocycles. The summed E-state index contributed by atoms with van der Waals surface area (Å²) in [6.07, 6.45) is 4.00. The lowest BCUT2D eigenvalue weighted by Gasteiger charge is -2.08. The van der Waals surface area contributed by atoms with Gasteiger partial charge in [-0.25, -0.2) is 4.52 Å². The summed E-state index contributed by atoms with van der Waals surface area (Å²) in [4.78, 5) is 0. The number of pyridine rings is 1. The molecule has 0 amide bonds. The van der Waals surface area contributed by atoms with Crippen LogP contribution in [0.2, 0.25) is 0 Å². The van der Waals surface area contributed by atoms with Gasteiger partial charge in [0.15, 0.2) is 0 Å². The zero-order valence-electron chi connectivity index (χ0n) is 11.1. The van der Waals surface area contributed by atoms with Crippen molar-refractivity contribution in [1.29, 1.82) is 5.26 Å². The van der Waals surface area contributed by atoms with E-state index in [9.17, 15) is 0 Å². The highest BCUT2D eigenvalue weighted by atomic mass is 16.5. The van der Waals surface area contributed by atoms with Gasteiger partial charge in [-0.15, -0.1) is 0 Å². The fourth-order valence-electron chi connectivity index (χ4n) is 2.30. The van der Waals surface area contributed by atoms with E-state index in [0.29, 0.717) is 6.42 Å². The highest BCUT2D eigenvalue weighted by molar-refractivity contribution is 5.75. The Morgan fingerprint density at radius 1 is 1.30 bits per heavy atom. The minimum absolute atomic E-state index is 0.360. The van der Waals surface area contributed by atoms with Crippen LogP contribution in [0.15, 0.2) is 48.8 Å². The Bertz CT molecular complexity index is 799. The van der Waals surface area contributed by atoms with Gasteiger partial charge in [-0.1, -0.05) is 18.2 Å². The molecule has 0 atom stereocenters. The Kier molecular flexibility index (Phi) is 3.10. The molecule has 3 aromatic rings. The molecule has 98 valence electrons. The predicted octanol–water partition coefficient (Wildman–Crippen LogP) is 3.08. The zero-order valence-corrected chi connectivity index (χ0v) is 11.1. The van der Waals surface area contributed by atoms with Crippen LogP contribution in [0, 0.1) is 11.3 Å². The molecule has 0 saturated carbocycles. The fourth-order valence-corrected chi connectivity index (χ4v) is 2.30. The molecule has 3 rings (SSSR count). The van der Waals surface area contributed by atoms with Gasteiger partial charge in [-0.2, -0.15) is 10.4 Å². The van der Waals surface area contributed by atoms with Crippen molar-refractivity contribution in [1.82, 2.24) is 9.61 Å². The summed E-state index contributed by atoms with van der Waals surface area (Å²) in [5, 5.41) is 13.1. The quantitative estimate of drug-likeness (QED) is 0.729. The lowest BCUT2D eigenvalue weighted by atomic mass is 10.0. The molecule has 0 fully saturated rings. The van der Waals surface area contributed by atoms with Gasteiger partial charge in [0.05, 0.1) is 31.3 Å². The first-order valence-electron chi connectivity index (χ1n) is 6.30. The maximum atomic E-state index is 8.86. The smallest absolute Gasteiger partial charge is 0.126 e. The highest BCUT2D eigenvalue weighted by Gasteiger charge is 2.08. The summed E-state index contributed by atoms with van der Waals surface area (Å²) in [6.45, 7) is 0. The van der Waals surface area contributed by atoms with Crippen LogP contribution in [0.3, 0.4) is 0 Å². The van der Waals surface area contributed by atoms with Crippen LogP contribution in [-0.4, -0.2) is 16.7 Å². The number of para-hydroxylation sites is 1. The number of nitriles is 1. The maximum Gasteiger partial charge on any atom is 0.126 e. The second-order valence-corrected chi connectivity index (χ2v) is 4.45. The highest BCUT2D eigenvalue weighted by Crippen LogP contribution is 2.30. The van der Waals surface area contributed by atoms with Gasteiger partial charge in [-0.05, 0) is 23.8 Å². The molecule has 0 N–H and O–H groups in total. The Balaban J connectivity index is 2.17. The fraction of sp³-hybridized carbons (Fsp3) is 0.125. The minimum Gasteiger partial charge on any atom is -0.496 e. The third kappa shape index (κ3) is 1.99. The molecule has 0 radical (unpaired) electrons. The van der Waals surface area contributed by atoms with Gasteiger partial charge in [-0.3, -0.25) is 0 Å². The van der Waals surface area contributed by atoms with Gasteiger partial charge in [0.25, 0.3) is 0 Å². The van der Waals surface area contributed by atoms with Gasteiger partial charge in [0.2, 0.25) is 0 Å². The first-order chi connectivity index (χ1) is 9.83. The Morgan fingerprint density at radius 2 is 2.15 bits per heavy atom. The number of ether oxygens (including phenoxy) is 1. The van der Waals surface area contributed by atoms with Crippen molar-refractivity contribution in [2.24, 2.45) is 0 Å². The van der Waals surface area contributed by atoms with Gasteiger partial charge in [0.1, 0.15) is 5.75 Å². The Morgan fingerprint density at radius 3 is 2.95 bits per heavy atom. The number of rotatable bonds is 3. The lowest BCUT2D eigenvalue weighted by Crippen LogP contribution is -1.91. The molecule has 0 aliphatic rings. The molecule has 2 heterocycles. The molecule has 0 bridgehead atoms. The number of benzene rings is 1. The molecular formula is C16H13N3O. The molecule has 4 nitrogen and oxygen atoms in total. The van der Waals surface area contributed by atoms with Gasteiger partial charge in [0, 0.05) is 17.3 Å². The molecular weight excluding hydrogens is 250 g/mol. The number of nitrogens with zero attached hydrogens (tertiary/aromatic N) is 3. The summed E-state index contributed by atoms with van der Waals surface area (Å²) in [7, 11) is 1.66. The zero-order chi connectivity index (χ0) is 13.9. The maximum absolute atomic E-state index is 8.86. The van der Waals surface area contributed by atoms with Crippen LogP contribution in [0.5, 0.6) is 5.75 Å². The molecule has 0 spiro atoms. The van der Waals surface area contributed by atoms with Crippen molar-refractivity contribution in [2.75, 3.05) is 7.11 Å². The number of hydrogen-bond acceptors (Lipinski definition) is 3. The number of hydrogen-bond donors (Lipinski definition) is 0. The van der Waals surface area contributed by atoms with E-state index in [1.807, 2.05) is 42.6 Å². The molecule has 0 saturated heterocycles. The topological polar surface area (TPSA) is 50.3 Å². The molecule has 0 aliphatic carbocycles. The average Bonchev–Trinajstić information content (AvgIpc) is 2.90. The summed E-state index contributed by atoms with van der Waals surface area (Å²) in [5.41, 5.74) is 3.97. The summed E-state index contributed by atoms with van der Waals surface area (Å²) < 4.78 is 7.18. The second kappa shape index (κ2) is 5.06. The minimum atomic E-state index is 0.360. The summed E-state index contributed by atoms with van der Waals surface area (Å²) in [6, 6.07) is 14.1. The van der Waals surface area contributed by atoms with Crippen LogP contribution in [0.25, 0.3) is 16.6 Å². The van der Waals surface area contributed by atoms with Crippen LogP contribution in [0.1, 0.15) is 5.56 Å². The third-order valence-corrected chi connectivity index (χ3v) is 3.29. The second-order valence-electron chi connectivity index (χ2n) is 4.45. The van der Waals surface area contributed by atoms with Crippen LogP contribution in [-0.2, 0) is 6.42 Å². The van der Waals surface area contributed by atoms with E-state index in [0.717, 1.165) is 28.0 Å². The first-order valence-corrected chi connectivity index (χ1v) is 6.30. The molecule has 4 heteroatoms. The van der Waals surface area contributed by atoms with Crippen molar-refractivity contribution >= 4 is 5.52 Å². The van der Waals surface area contributed by atoms with Crippen molar-refractivity contribution in [2.45, 2.75) is 6.42 Å². The predicted molar refractivity (Wildman–Crippen MR) is 76.5 cm³/mol. The normalized spacial score (nSPS) is 10.4. The number of aromatic nitrogens is 2. The number of fused-ring (bicyclic) bond motifs is 1. The molecule has 1 aromatic carbocycles. The van der Waals surface area contributed by atoms with E-state index in [1.54, 1.807) is 17.8 Å². The van der Waals surface area contributed by atoms with Crippen molar-refractivity contribution in [3.8, 4) is 22.9 Å². The third-order valence-electron chi connectivity index (χ3n) is 3.29. The van der Waals surface area contributed by atoms with Crippen molar-refractivity contribution < 1.29 is 4.74 Å². The Hall–Kier alpha value is -2.80. The Labute approximate surface area is 116 Å². The monoisotopic (exact) mass is 263 g/mol. The van der Waals surface area contributed by atoms with Crippen molar-refractivity contribution in [3.05, 3.63) is 54.4 Å². The van der Waals surface area contributed by atoms with Gasteiger partial charge < -0.3 is 4.74 Å². The van der Waals surface area contributed by atoms with Gasteiger partial charge >= 0.3 is 0 Å². The standard InChI is InChI=1S/C16H13N3O/c1-20-16-5-3-2-4-14(16)12-7-9-19-15(10-12)13(6-8-17)11-18-19/h2-5,7,9-11H,6H2,1H3. The van der Waals surface area contributed by atoms with Crippen molar-refractivity contribution in [3.63, 3.8) is 0 Å². The summed E-state index contributed by atoms with van der Waals surface area (Å²) >= 11 is 0. The van der Waals surface area contributed by atoms with E-state index < -0.39 is 0 Å². The first kappa shape index (κ1) is 12.2. The number of methoxy groups -OCH3 is 1. The van der Waals surface area contributed by atoms with Crippen LogP contribution < -0.4 is 4.74 Å². The lowest BCUT2D eigenvalue weighted by molar-refractivity contribution is 0.416. The van der Waals surface area contributed by atoms with Crippen LogP contribution in [0.4, 0.5) is 0 Å². The molecule has 2 aromatic heterocycles. The van der Waals surface area contributed by atoms with E-state index in [2.05, 4.69) is 11.2 Å². The average molecular weight is 263 g/mol. The van der Waals surface area contributed by atoms with E-state index >= 15 is 0 Å². The van der Waals surface area contributed by atoms with Crippen LogP contribution >= 0.6 is 0 Å². The summed E-state index contributed by atoms with van der Waals surface area (Å²) in [5.74, 6) is 0.832. The van der Waals surface area contributed by atoms with E-state index in [4.69, 9.17) is 10.00 Å². The molecule has 20 heavy (non-hydrogen) atoms. The molecule has 0 unspecified atom stereocenters. The van der Waals surface area contributed by atoms with E-state index in [-0.39, 0.29) is 0 Å².